The molecule has 0 atom stereocenters. The first-order valence-electron chi connectivity index (χ1n) is 8.98. The Morgan fingerprint density at radius 1 is 1.04 bits per heavy atom. The number of amides is 2. The SMILES string of the molecule is O=C(Nc1cccc(-c2ccc(=O)[nH]n2)c1)c1ccc(N2CCCC2=O)cc1. The van der Waals surface area contributed by atoms with Gasteiger partial charge in [0.05, 0.1) is 5.69 Å². The predicted molar refractivity (Wildman–Crippen MR) is 106 cm³/mol. The average Bonchev–Trinajstić information content (AvgIpc) is 3.15. The summed E-state index contributed by atoms with van der Waals surface area (Å²) in [5.74, 6) is -0.129. The van der Waals surface area contributed by atoms with Gasteiger partial charge in [0.25, 0.3) is 11.5 Å². The minimum Gasteiger partial charge on any atom is -0.322 e. The lowest BCUT2D eigenvalue weighted by Gasteiger charge is -2.15. The lowest BCUT2D eigenvalue weighted by atomic mass is 10.1. The van der Waals surface area contributed by atoms with Gasteiger partial charge in [-0.15, -0.1) is 0 Å². The zero-order chi connectivity index (χ0) is 19.5. The maximum atomic E-state index is 12.5. The molecular formula is C21H18N4O3. The van der Waals surface area contributed by atoms with Crippen LogP contribution in [0.4, 0.5) is 11.4 Å². The number of nitrogens with zero attached hydrogens (tertiary/aromatic N) is 2. The first-order valence-corrected chi connectivity index (χ1v) is 8.98. The van der Waals surface area contributed by atoms with Crippen molar-refractivity contribution in [2.75, 3.05) is 16.8 Å². The van der Waals surface area contributed by atoms with E-state index in [1.165, 1.54) is 6.07 Å². The van der Waals surface area contributed by atoms with Crippen LogP contribution in [0, 0.1) is 0 Å². The van der Waals surface area contributed by atoms with Crippen molar-refractivity contribution in [3.05, 3.63) is 76.6 Å². The number of aromatic amines is 1. The Morgan fingerprint density at radius 2 is 1.86 bits per heavy atom. The van der Waals surface area contributed by atoms with Crippen LogP contribution in [0.1, 0.15) is 23.2 Å². The number of aromatic nitrogens is 2. The molecule has 2 aromatic carbocycles. The Morgan fingerprint density at radius 3 is 2.54 bits per heavy atom. The van der Waals surface area contributed by atoms with Crippen LogP contribution < -0.4 is 15.8 Å². The van der Waals surface area contributed by atoms with Gasteiger partial charge in [-0.2, -0.15) is 5.10 Å². The number of rotatable bonds is 4. The van der Waals surface area contributed by atoms with Crippen LogP contribution >= 0.6 is 0 Å². The van der Waals surface area contributed by atoms with Crippen LogP contribution in [0.15, 0.2) is 65.5 Å². The van der Waals surface area contributed by atoms with E-state index in [9.17, 15) is 14.4 Å². The lowest BCUT2D eigenvalue weighted by Crippen LogP contribution is -2.23. The Balaban J connectivity index is 1.49. The van der Waals surface area contributed by atoms with Crippen LogP contribution in [-0.2, 0) is 4.79 Å². The molecular weight excluding hydrogens is 356 g/mol. The first-order chi connectivity index (χ1) is 13.6. The van der Waals surface area contributed by atoms with Crippen LogP contribution in [0.2, 0.25) is 0 Å². The van der Waals surface area contributed by atoms with E-state index in [1.54, 1.807) is 53.4 Å². The van der Waals surface area contributed by atoms with Crippen molar-refractivity contribution in [3.8, 4) is 11.3 Å². The largest absolute Gasteiger partial charge is 0.322 e. The molecule has 0 saturated carbocycles. The molecule has 1 saturated heterocycles. The fourth-order valence-corrected chi connectivity index (χ4v) is 3.18. The number of anilines is 2. The van der Waals surface area contributed by atoms with E-state index in [2.05, 4.69) is 15.5 Å². The molecule has 1 fully saturated rings. The van der Waals surface area contributed by atoms with Crippen molar-refractivity contribution >= 4 is 23.2 Å². The molecule has 28 heavy (non-hydrogen) atoms. The summed E-state index contributed by atoms with van der Waals surface area (Å²) >= 11 is 0. The minimum absolute atomic E-state index is 0.116. The standard InChI is InChI=1S/C21H18N4O3/c26-19-11-10-18(23-24-19)15-3-1-4-16(13-15)22-21(28)14-6-8-17(9-7-14)25-12-2-5-20(25)27/h1,3-4,6-11,13H,2,5,12H2,(H,22,28)(H,24,26). The van der Waals surface area contributed by atoms with Gasteiger partial charge in [0.2, 0.25) is 5.91 Å². The molecule has 7 nitrogen and oxygen atoms in total. The summed E-state index contributed by atoms with van der Waals surface area (Å²) in [6.45, 7) is 0.718. The van der Waals surface area contributed by atoms with Gasteiger partial charge >= 0.3 is 0 Å². The summed E-state index contributed by atoms with van der Waals surface area (Å²) in [7, 11) is 0. The molecule has 0 bridgehead atoms. The lowest BCUT2D eigenvalue weighted by molar-refractivity contribution is -0.117. The molecule has 0 radical (unpaired) electrons. The van der Waals surface area contributed by atoms with Crippen molar-refractivity contribution in [2.45, 2.75) is 12.8 Å². The molecule has 1 aliphatic heterocycles. The molecule has 7 heteroatoms. The molecule has 1 aromatic heterocycles. The third-order valence-electron chi connectivity index (χ3n) is 4.61. The van der Waals surface area contributed by atoms with E-state index in [4.69, 9.17) is 0 Å². The number of carbonyl (C=O) groups excluding carboxylic acids is 2. The summed E-state index contributed by atoms with van der Waals surface area (Å²) in [5.41, 5.74) is 3.04. The summed E-state index contributed by atoms with van der Waals surface area (Å²) in [6.07, 6.45) is 1.43. The van der Waals surface area contributed by atoms with E-state index >= 15 is 0 Å². The normalized spacial score (nSPS) is 13.6. The number of hydrogen-bond donors (Lipinski definition) is 2. The Labute approximate surface area is 161 Å². The molecule has 0 unspecified atom stereocenters. The van der Waals surface area contributed by atoms with Crippen molar-refractivity contribution in [1.82, 2.24) is 10.2 Å². The van der Waals surface area contributed by atoms with E-state index in [-0.39, 0.29) is 17.4 Å². The number of nitrogens with one attached hydrogen (secondary N) is 2. The molecule has 0 aliphatic carbocycles. The third-order valence-corrected chi connectivity index (χ3v) is 4.61. The van der Waals surface area contributed by atoms with E-state index in [0.717, 1.165) is 24.2 Å². The number of benzene rings is 2. The van der Waals surface area contributed by atoms with E-state index in [0.29, 0.717) is 23.4 Å². The molecule has 1 aliphatic rings. The van der Waals surface area contributed by atoms with Crippen LogP contribution in [0.25, 0.3) is 11.3 Å². The van der Waals surface area contributed by atoms with Gasteiger partial charge in [-0.05, 0) is 48.9 Å². The highest BCUT2D eigenvalue weighted by Crippen LogP contribution is 2.23. The monoisotopic (exact) mass is 374 g/mol. The van der Waals surface area contributed by atoms with Crippen molar-refractivity contribution in [3.63, 3.8) is 0 Å². The Kier molecular flexibility index (Phi) is 4.72. The number of H-pyrrole nitrogens is 1. The quantitative estimate of drug-likeness (QED) is 0.734. The summed E-state index contributed by atoms with van der Waals surface area (Å²) < 4.78 is 0. The smallest absolute Gasteiger partial charge is 0.264 e. The van der Waals surface area contributed by atoms with Gasteiger partial charge in [-0.25, -0.2) is 5.10 Å². The highest BCUT2D eigenvalue weighted by molar-refractivity contribution is 6.05. The van der Waals surface area contributed by atoms with Gasteiger partial charge in [0.15, 0.2) is 0 Å². The number of carbonyl (C=O) groups is 2. The zero-order valence-electron chi connectivity index (χ0n) is 15.0. The van der Waals surface area contributed by atoms with Crippen LogP contribution in [0.5, 0.6) is 0 Å². The maximum Gasteiger partial charge on any atom is 0.264 e. The van der Waals surface area contributed by atoms with E-state index < -0.39 is 0 Å². The molecule has 140 valence electrons. The molecule has 2 amide bonds. The van der Waals surface area contributed by atoms with Gasteiger partial charge in [0, 0.05) is 41.5 Å². The van der Waals surface area contributed by atoms with Crippen molar-refractivity contribution in [1.29, 1.82) is 0 Å². The second-order valence-corrected chi connectivity index (χ2v) is 6.54. The van der Waals surface area contributed by atoms with Gasteiger partial charge in [-0.3, -0.25) is 14.4 Å². The summed E-state index contributed by atoms with van der Waals surface area (Å²) in [6, 6.07) is 17.3. The van der Waals surface area contributed by atoms with Gasteiger partial charge in [0.1, 0.15) is 0 Å². The molecule has 3 aromatic rings. The van der Waals surface area contributed by atoms with Crippen molar-refractivity contribution in [2.24, 2.45) is 0 Å². The third kappa shape index (κ3) is 3.68. The molecule has 2 N–H and O–H groups in total. The topological polar surface area (TPSA) is 95.2 Å². The summed E-state index contributed by atoms with van der Waals surface area (Å²) in [4.78, 5) is 37.3. The van der Waals surface area contributed by atoms with Crippen LogP contribution in [-0.4, -0.2) is 28.6 Å². The van der Waals surface area contributed by atoms with Crippen LogP contribution in [0.3, 0.4) is 0 Å². The van der Waals surface area contributed by atoms with Gasteiger partial charge < -0.3 is 10.2 Å². The second kappa shape index (κ2) is 7.48. The molecule has 2 heterocycles. The fourth-order valence-electron chi connectivity index (χ4n) is 3.18. The van der Waals surface area contributed by atoms with Gasteiger partial charge in [-0.1, -0.05) is 12.1 Å². The van der Waals surface area contributed by atoms with E-state index in [1.807, 2.05) is 6.07 Å². The maximum absolute atomic E-state index is 12.5. The fraction of sp³-hybridized carbons (Fsp3) is 0.143. The zero-order valence-corrected chi connectivity index (χ0v) is 15.0. The highest BCUT2D eigenvalue weighted by atomic mass is 16.2. The summed E-state index contributed by atoms with van der Waals surface area (Å²) in [5, 5.41) is 9.25. The molecule has 0 spiro atoms. The predicted octanol–water partition coefficient (Wildman–Crippen LogP) is 2.82. The second-order valence-electron chi connectivity index (χ2n) is 6.54. The minimum atomic E-state index is -0.271. The number of hydrogen-bond acceptors (Lipinski definition) is 4. The highest BCUT2D eigenvalue weighted by Gasteiger charge is 2.21. The Bertz CT molecular complexity index is 1070. The molecule has 4 rings (SSSR count). The first kappa shape index (κ1) is 17.7. The Hall–Kier alpha value is -3.74. The average molecular weight is 374 g/mol. The van der Waals surface area contributed by atoms with Crippen molar-refractivity contribution < 1.29 is 9.59 Å².